The van der Waals surface area contributed by atoms with E-state index in [9.17, 15) is 4.79 Å². The van der Waals surface area contributed by atoms with E-state index in [0.717, 1.165) is 32.5 Å². The van der Waals surface area contributed by atoms with E-state index in [0.29, 0.717) is 12.1 Å². The molecule has 22 heavy (non-hydrogen) atoms. The molecule has 1 amide bonds. The third-order valence-electron chi connectivity index (χ3n) is 4.51. The highest BCUT2D eigenvalue weighted by atomic mass is 16.2. The molecule has 0 saturated carbocycles. The number of amides is 1. The zero-order valence-electron chi connectivity index (χ0n) is 14.0. The predicted octanol–water partition coefficient (Wildman–Crippen LogP) is 2.24. The first-order valence-electron chi connectivity index (χ1n) is 8.33. The molecular weight excluding hydrogens is 274 g/mol. The van der Waals surface area contributed by atoms with Crippen LogP contribution in [0.2, 0.25) is 0 Å². The second-order valence-corrected chi connectivity index (χ2v) is 6.60. The Balaban J connectivity index is 1.96. The Morgan fingerprint density at radius 2 is 1.82 bits per heavy atom. The minimum Gasteiger partial charge on any atom is -0.341 e. The zero-order valence-corrected chi connectivity index (χ0v) is 14.0. The highest BCUT2D eigenvalue weighted by Gasteiger charge is 2.29. The molecule has 0 spiro atoms. The van der Waals surface area contributed by atoms with E-state index in [1.807, 2.05) is 4.90 Å². The molecule has 1 saturated heterocycles. The van der Waals surface area contributed by atoms with Gasteiger partial charge in [-0.2, -0.15) is 0 Å². The van der Waals surface area contributed by atoms with Crippen molar-refractivity contribution in [1.29, 1.82) is 0 Å². The number of carbonyl (C=O) groups is 1. The first-order chi connectivity index (χ1) is 10.5. The highest BCUT2D eigenvalue weighted by Crippen LogP contribution is 2.21. The number of rotatable bonds is 5. The van der Waals surface area contributed by atoms with Gasteiger partial charge in [-0.05, 0) is 39.2 Å². The van der Waals surface area contributed by atoms with Crippen molar-refractivity contribution >= 4 is 5.91 Å². The van der Waals surface area contributed by atoms with Gasteiger partial charge >= 0.3 is 0 Å². The van der Waals surface area contributed by atoms with Crippen LogP contribution < -0.4 is 5.73 Å². The van der Waals surface area contributed by atoms with Crippen LogP contribution in [0.4, 0.5) is 0 Å². The number of nitrogens with zero attached hydrogens (tertiary/aromatic N) is 2. The topological polar surface area (TPSA) is 49.6 Å². The van der Waals surface area contributed by atoms with Crippen LogP contribution in [0.25, 0.3) is 0 Å². The average molecular weight is 303 g/mol. The Morgan fingerprint density at radius 1 is 1.23 bits per heavy atom. The molecule has 1 aromatic carbocycles. The molecule has 1 aliphatic heterocycles. The van der Waals surface area contributed by atoms with Crippen LogP contribution in [-0.2, 0) is 11.3 Å². The number of likely N-dealkylation sites (tertiary alicyclic amines) is 1. The van der Waals surface area contributed by atoms with Crippen LogP contribution in [0.1, 0.15) is 39.2 Å². The number of benzene rings is 1. The molecule has 0 aromatic heterocycles. The summed E-state index contributed by atoms with van der Waals surface area (Å²) in [6.45, 7) is 8.89. The monoisotopic (exact) mass is 303 g/mol. The minimum atomic E-state index is -0.387. The molecule has 2 N–H and O–H groups in total. The Bertz CT molecular complexity index is 464. The largest absolute Gasteiger partial charge is 0.341 e. The molecule has 0 unspecified atom stereocenters. The van der Waals surface area contributed by atoms with Crippen molar-refractivity contribution in [2.45, 2.75) is 58.3 Å². The number of hydrogen-bond acceptors (Lipinski definition) is 3. The molecule has 2 rings (SSSR count). The lowest BCUT2D eigenvalue weighted by Gasteiger charge is -2.41. The van der Waals surface area contributed by atoms with Crippen molar-refractivity contribution in [3.8, 4) is 0 Å². The van der Waals surface area contributed by atoms with Gasteiger partial charge < -0.3 is 10.6 Å². The van der Waals surface area contributed by atoms with Crippen LogP contribution >= 0.6 is 0 Å². The molecule has 1 atom stereocenters. The van der Waals surface area contributed by atoms with E-state index < -0.39 is 0 Å². The molecule has 0 aliphatic carbocycles. The van der Waals surface area contributed by atoms with Crippen LogP contribution in [0.3, 0.4) is 0 Å². The lowest BCUT2D eigenvalue weighted by Crippen LogP contribution is -2.51. The minimum absolute atomic E-state index is 0.0811. The van der Waals surface area contributed by atoms with Crippen LogP contribution in [-0.4, -0.2) is 46.9 Å². The number of hydrogen-bond donors (Lipinski definition) is 1. The maximum absolute atomic E-state index is 12.0. The van der Waals surface area contributed by atoms with Gasteiger partial charge in [-0.3, -0.25) is 9.69 Å². The molecule has 1 heterocycles. The Morgan fingerprint density at radius 3 is 2.32 bits per heavy atom. The first-order valence-corrected chi connectivity index (χ1v) is 8.33. The van der Waals surface area contributed by atoms with Gasteiger partial charge in [-0.1, -0.05) is 30.3 Å². The molecule has 0 bridgehead atoms. The predicted molar refractivity (Wildman–Crippen MR) is 90.4 cm³/mol. The van der Waals surface area contributed by atoms with Crippen molar-refractivity contribution in [2.75, 3.05) is 13.1 Å². The van der Waals surface area contributed by atoms with E-state index in [1.165, 1.54) is 5.56 Å². The van der Waals surface area contributed by atoms with E-state index in [-0.39, 0.29) is 11.9 Å². The molecule has 4 heteroatoms. The van der Waals surface area contributed by atoms with Gasteiger partial charge in [-0.15, -0.1) is 0 Å². The normalized spacial score (nSPS) is 18.0. The SMILES string of the molecule is CC(C)N(Cc1ccccc1)C1CCN(C(=O)[C@H](C)N)CC1. The maximum atomic E-state index is 12.0. The van der Waals surface area contributed by atoms with Crippen molar-refractivity contribution in [2.24, 2.45) is 5.73 Å². The van der Waals surface area contributed by atoms with Gasteiger partial charge in [-0.25, -0.2) is 0 Å². The van der Waals surface area contributed by atoms with Crippen molar-refractivity contribution in [3.63, 3.8) is 0 Å². The van der Waals surface area contributed by atoms with Crippen molar-refractivity contribution in [1.82, 2.24) is 9.80 Å². The summed E-state index contributed by atoms with van der Waals surface area (Å²) in [4.78, 5) is 16.5. The molecule has 1 fully saturated rings. The summed E-state index contributed by atoms with van der Waals surface area (Å²) in [7, 11) is 0. The number of nitrogens with two attached hydrogens (primary N) is 1. The van der Waals surface area contributed by atoms with Crippen LogP contribution in [0, 0.1) is 0 Å². The van der Waals surface area contributed by atoms with Gasteiger partial charge in [0.15, 0.2) is 0 Å². The van der Waals surface area contributed by atoms with Crippen LogP contribution in [0.15, 0.2) is 30.3 Å². The molecule has 4 nitrogen and oxygen atoms in total. The number of piperidine rings is 1. The lowest BCUT2D eigenvalue weighted by atomic mass is 10.00. The fourth-order valence-corrected chi connectivity index (χ4v) is 3.23. The van der Waals surface area contributed by atoms with Gasteiger partial charge in [0, 0.05) is 31.7 Å². The zero-order chi connectivity index (χ0) is 16.1. The second-order valence-electron chi connectivity index (χ2n) is 6.60. The van der Waals surface area contributed by atoms with E-state index in [4.69, 9.17) is 5.73 Å². The summed E-state index contributed by atoms with van der Waals surface area (Å²) in [5.41, 5.74) is 7.06. The lowest BCUT2D eigenvalue weighted by molar-refractivity contribution is -0.133. The molecule has 0 radical (unpaired) electrons. The standard InChI is InChI=1S/C18H29N3O/c1-14(2)21(13-16-7-5-4-6-8-16)17-9-11-20(12-10-17)18(22)15(3)19/h4-8,14-15,17H,9-13,19H2,1-3H3/t15-/m0/s1. The summed E-state index contributed by atoms with van der Waals surface area (Å²) in [5, 5.41) is 0. The summed E-state index contributed by atoms with van der Waals surface area (Å²) in [6, 6.07) is 11.3. The third kappa shape index (κ3) is 4.31. The average Bonchev–Trinajstić information content (AvgIpc) is 2.53. The maximum Gasteiger partial charge on any atom is 0.239 e. The van der Waals surface area contributed by atoms with Crippen molar-refractivity contribution < 1.29 is 4.79 Å². The van der Waals surface area contributed by atoms with Gasteiger partial charge in [0.1, 0.15) is 0 Å². The van der Waals surface area contributed by atoms with Crippen LogP contribution in [0.5, 0.6) is 0 Å². The molecule has 122 valence electrons. The van der Waals surface area contributed by atoms with Gasteiger partial charge in [0.2, 0.25) is 5.91 Å². The summed E-state index contributed by atoms with van der Waals surface area (Å²) >= 11 is 0. The quantitative estimate of drug-likeness (QED) is 0.907. The first kappa shape index (κ1) is 17.0. The smallest absolute Gasteiger partial charge is 0.239 e. The fourth-order valence-electron chi connectivity index (χ4n) is 3.23. The summed E-state index contributed by atoms with van der Waals surface area (Å²) < 4.78 is 0. The molecule has 1 aliphatic rings. The Kier molecular flexibility index (Phi) is 5.98. The third-order valence-corrected chi connectivity index (χ3v) is 4.51. The fraction of sp³-hybridized carbons (Fsp3) is 0.611. The van der Waals surface area contributed by atoms with Gasteiger partial charge in [0.25, 0.3) is 0 Å². The van der Waals surface area contributed by atoms with E-state index in [2.05, 4.69) is 49.1 Å². The Hall–Kier alpha value is -1.39. The highest BCUT2D eigenvalue weighted by molar-refractivity contribution is 5.81. The van der Waals surface area contributed by atoms with Crippen molar-refractivity contribution in [3.05, 3.63) is 35.9 Å². The summed E-state index contributed by atoms with van der Waals surface area (Å²) in [6.07, 6.45) is 2.06. The second kappa shape index (κ2) is 7.75. The number of carbonyl (C=O) groups excluding carboxylic acids is 1. The molecular formula is C18H29N3O. The molecule has 1 aromatic rings. The van der Waals surface area contributed by atoms with Gasteiger partial charge in [0.05, 0.1) is 6.04 Å². The summed E-state index contributed by atoms with van der Waals surface area (Å²) in [5.74, 6) is 0.0811. The Labute approximate surface area is 134 Å². The van der Waals surface area contributed by atoms with E-state index >= 15 is 0 Å². The van der Waals surface area contributed by atoms with E-state index in [1.54, 1.807) is 6.92 Å².